The second kappa shape index (κ2) is 16.8. The predicted molar refractivity (Wildman–Crippen MR) is 181 cm³/mol. The molecule has 0 saturated heterocycles. The van der Waals surface area contributed by atoms with Crippen LogP contribution in [0.4, 0.5) is 5.69 Å². The highest BCUT2D eigenvalue weighted by molar-refractivity contribution is 7.92. The fourth-order valence-corrected chi connectivity index (χ4v) is 6.45. The summed E-state index contributed by atoms with van der Waals surface area (Å²) in [4.78, 5) is 29.1. The Kier molecular flexibility index (Phi) is 13.4. The van der Waals surface area contributed by atoms with E-state index in [4.69, 9.17) is 37.4 Å². The molecule has 2 atom stereocenters. The molecule has 0 heterocycles. The van der Waals surface area contributed by atoms with Gasteiger partial charge >= 0.3 is 0 Å². The molecule has 13 heteroatoms. The molecular formula is C33H41Cl2N3O7S. The zero-order valence-corrected chi connectivity index (χ0v) is 29.2. The summed E-state index contributed by atoms with van der Waals surface area (Å²) in [6.45, 7) is 7.24. The highest BCUT2D eigenvalue weighted by atomic mass is 35.5. The molecule has 0 aromatic heterocycles. The number of methoxy groups -OCH3 is 2. The van der Waals surface area contributed by atoms with Crippen LogP contribution in [0.1, 0.15) is 46.1 Å². The van der Waals surface area contributed by atoms with Crippen molar-refractivity contribution in [2.45, 2.75) is 64.1 Å². The fourth-order valence-electron chi connectivity index (χ4n) is 4.70. The molecule has 3 rings (SSSR count). The van der Waals surface area contributed by atoms with Gasteiger partial charge in [0.15, 0.2) is 11.5 Å². The highest BCUT2D eigenvalue weighted by Gasteiger charge is 2.34. The van der Waals surface area contributed by atoms with Gasteiger partial charge in [0.05, 0.1) is 41.5 Å². The number of hydrogen-bond donors (Lipinski definition) is 1. The van der Waals surface area contributed by atoms with E-state index < -0.39 is 28.5 Å². The summed E-state index contributed by atoms with van der Waals surface area (Å²) in [5.74, 6) is 0.137. The third-order valence-electron chi connectivity index (χ3n) is 7.38. The highest BCUT2D eigenvalue weighted by Crippen LogP contribution is 2.33. The maximum atomic E-state index is 14.3. The summed E-state index contributed by atoms with van der Waals surface area (Å²) < 4.78 is 45.8. The Morgan fingerprint density at radius 3 is 2.11 bits per heavy atom. The first kappa shape index (κ1) is 36.8. The number of carbonyl (C=O) groups excluding carboxylic acids is 2. The normalized spacial score (nSPS) is 12.5. The summed E-state index contributed by atoms with van der Waals surface area (Å²) >= 11 is 12.4. The number of halogens is 2. The maximum absolute atomic E-state index is 14.3. The van der Waals surface area contributed by atoms with E-state index in [2.05, 4.69) is 5.32 Å². The number of ether oxygens (including phenoxy) is 3. The van der Waals surface area contributed by atoms with Crippen molar-refractivity contribution >= 4 is 50.7 Å². The van der Waals surface area contributed by atoms with Crippen LogP contribution in [-0.4, -0.2) is 64.6 Å². The Balaban J connectivity index is 2.13. The van der Waals surface area contributed by atoms with Crippen molar-refractivity contribution in [1.82, 2.24) is 10.2 Å². The number of benzene rings is 3. The standard InChI is InChI=1S/C33H41Cl2N3O7S/c1-7-22(4)36-33(40)29(8-2)37(20-23-10-16-27(34)28(35)18-23)32(39)21-38(24-11-13-25(14-12-24)45-9-3)46(41,42)26-15-17-30(43-5)31(19-26)44-6/h10-19,22,29H,7-9,20-21H2,1-6H3,(H,36,40)/t22-,29+/m0/s1. The number of nitrogens with one attached hydrogen (secondary N) is 1. The van der Waals surface area contributed by atoms with Gasteiger partial charge in [0, 0.05) is 18.7 Å². The Morgan fingerprint density at radius 1 is 0.870 bits per heavy atom. The average Bonchev–Trinajstić information content (AvgIpc) is 3.05. The molecule has 0 aliphatic carbocycles. The van der Waals surface area contributed by atoms with Gasteiger partial charge in [0.25, 0.3) is 10.0 Å². The van der Waals surface area contributed by atoms with Gasteiger partial charge in [-0.05, 0) is 80.8 Å². The Hall–Kier alpha value is -3.67. The van der Waals surface area contributed by atoms with Crippen LogP contribution in [0.15, 0.2) is 65.6 Å². The second-order valence-electron chi connectivity index (χ2n) is 10.5. The van der Waals surface area contributed by atoms with Gasteiger partial charge in [0.1, 0.15) is 18.3 Å². The number of anilines is 1. The Bertz CT molecular complexity index is 1600. The van der Waals surface area contributed by atoms with Crippen molar-refractivity contribution in [2.24, 2.45) is 0 Å². The Labute approximate surface area is 281 Å². The number of amides is 2. The average molecular weight is 695 g/mol. The van der Waals surface area contributed by atoms with E-state index in [-0.39, 0.29) is 46.3 Å². The summed E-state index contributed by atoms with van der Waals surface area (Å²) in [7, 11) is -1.51. The lowest BCUT2D eigenvalue weighted by Crippen LogP contribution is -2.53. The van der Waals surface area contributed by atoms with Gasteiger partial charge in [-0.15, -0.1) is 0 Å². The van der Waals surface area contributed by atoms with Crippen LogP contribution in [0.25, 0.3) is 0 Å². The molecule has 3 aromatic carbocycles. The first-order chi connectivity index (χ1) is 21.9. The summed E-state index contributed by atoms with van der Waals surface area (Å²) in [5.41, 5.74) is 0.839. The maximum Gasteiger partial charge on any atom is 0.264 e. The molecule has 46 heavy (non-hydrogen) atoms. The summed E-state index contributed by atoms with van der Waals surface area (Å²) in [6, 6.07) is 14.5. The van der Waals surface area contributed by atoms with Crippen molar-refractivity contribution in [1.29, 1.82) is 0 Å². The topological polar surface area (TPSA) is 114 Å². The van der Waals surface area contributed by atoms with Gasteiger partial charge in [0.2, 0.25) is 11.8 Å². The van der Waals surface area contributed by atoms with Crippen LogP contribution in [0.3, 0.4) is 0 Å². The SMILES string of the molecule is CCOc1ccc(N(CC(=O)N(Cc2ccc(Cl)c(Cl)c2)[C@H](CC)C(=O)N[C@@H](C)CC)S(=O)(=O)c2ccc(OC)c(OC)c2)cc1. The molecule has 0 saturated carbocycles. The van der Waals surface area contributed by atoms with E-state index in [0.29, 0.717) is 35.1 Å². The van der Waals surface area contributed by atoms with Crippen molar-refractivity contribution in [3.05, 3.63) is 76.3 Å². The fraction of sp³-hybridized carbons (Fsp3) is 0.394. The minimum atomic E-state index is -4.36. The van der Waals surface area contributed by atoms with Crippen LogP contribution in [-0.2, 0) is 26.2 Å². The van der Waals surface area contributed by atoms with Crippen LogP contribution < -0.4 is 23.8 Å². The minimum Gasteiger partial charge on any atom is -0.494 e. The molecular weight excluding hydrogens is 653 g/mol. The van der Waals surface area contributed by atoms with Crippen molar-refractivity contribution in [3.8, 4) is 17.2 Å². The lowest BCUT2D eigenvalue weighted by Gasteiger charge is -2.34. The number of sulfonamides is 1. The number of hydrogen-bond acceptors (Lipinski definition) is 7. The largest absolute Gasteiger partial charge is 0.494 e. The van der Waals surface area contributed by atoms with Gasteiger partial charge in [-0.2, -0.15) is 0 Å². The number of nitrogens with zero attached hydrogens (tertiary/aromatic N) is 2. The number of carbonyl (C=O) groups is 2. The molecule has 10 nitrogen and oxygen atoms in total. The van der Waals surface area contributed by atoms with Gasteiger partial charge < -0.3 is 24.4 Å². The molecule has 2 amide bonds. The molecule has 0 aliphatic heterocycles. The quantitative estimate of drug-likeness (QED) is 0.187. The zero-order valence-electron chi connectivity index (χ0n) is 26.9. The van der Waals surface area contributed by atoms with Crippen LogP contribution in [0.5, 0.6) is 17.2 Å². The third kappa shape index (κ3) is 8.98. The van der Waals surface area contributed by atoms with Crippen LogP contribution >= 0.6 is 23.2 Å². The zero-order chi connectivity index (χ0) is 34.0. The van der Waals surface area contributed by atoms with E-state index in [1.807, 2.05) is 20.8 Å². The minimum absolute atomic E-state index is 0.0182. The molecule has 0 unspecified atom stereocenters. The van der Waals surface area contributed by atoms with E-state index in [1.54, 1.807) is 49.4 Å². The monoisotopic (exact) mass is 693 g/mol. The molecule has 0 fully saturated rings. The molecule has 0 aliphatic rings. The summed E-state index contributed by atoms with van der Waals surface area (Å²) in [6.07, 6.45) is 0.971. The molecule has 1 N–H and O–H groups in total. The van der Waals surface area contributed by atoms with E-state index in [1.165, 1.54) is 37.3 Å². The molecule has 0 radical (unpaired) electrons. The van der Waals surface area contributed by atoms with Crippen molar-refractivity contribution in [3.63, 3.8) is 0 Å². The molecule has 250 valence electrons. The molecule has 3 aromatic rings. The first-order valence-electron chi connectivity index (χ1n) is 14.9. The van der Waals surface area contributed by atoms with E-state index in [9.17, 15) is 18.0 Å². The van der Waals surface area contributed by atoms with Gasteiger partial charge in [-0.3, -0.25) is 13.9 Å². The van der Waals surface area contributed by atoms with Crippen molar-refractivity contribution < 1.29 is 32.2 Å². The lowest BCUT2D eigenvalue weighted by atomic mass is 10.1. The van der Waals surface area contributed by atoms with E-state index in [0.717, 1.165) is 4.31 Å². The van der Waals surface area contributed by atoms with Gasteiger partial charge in [-0.25, -0.2) is 8.42 Å². The van der Waals surface area contributed by atoms with Gasteiger partial charge in [-0.1, -0.05) is 43.1 Å². The second-order valence-corrected chi connectivity index (χ2v) is 13.1. The lowest BCUT2D eigenvalue weighted by molar-refractivity contribution is -0.140. The molecule has 0 spiro atoms. The summed E-state index contributed by atoms with van der Waals surface area (Å²) in [5, 5.41) is 3.58. The smallest absolute Gasteiger partial charge is 0.264 e. The van der Waals surface area contributed by atoms with Crippen LogP contribution in [0.2, 0.25) is 10.0 Å². The first-order valence-corrected chi connectivity index (χ1v) is 17.1. The Morgan fingerprint density at radius 2 is 1.54 bits per heavy atom. The van der Waals surface area contributed by atoms with Crippen LogP contribution in [0, 0.1) is 0 Å². The predicted octanol–water partition coefficient (Wildman–Crippen LogP) is 6.33. The van der Waals surface area contributed by atoms with E-state index >= 15 is 0 Å². The van der Waals surface area contributed by atoms with Crippen molar-refractivity contribution in [2.75, 3.05) is 31.7 Å². The number of rotatable bonds is 16. The molecule has 0 bridgehead atoms. The third-order valence-corrected chi connectivity index (χ3v) is 9.89.